The standard InChI is InChI=1S/C20H28ClN3O5S2/c1-13(2)18(20(26)23-8-10-29-11-9-23)24-7-6-15(19(24)25)22-31(27,28)12-14(3)16-4-5-17(21)30-16/h4-5,12-13,15,18,22H,6-11H2,1-3H3/b14-12+/t15-,18-/m0/s1. The van der Waals surface area contributed by atoms with Gasteiger partial charge in [-0.1, -0.05) is 25.4 Å². The van der Waals surface area contributed by atoms with Gasteiger partial charge >= 0.3 is 0 Å². The first-order valence-corrected chi connectivity index (χ1v) is 13.0. The molecule has 2 amide bonds. The highest BCUT2D eigenvalue weighted by molar-refractivity contribution is 7.92. The molecule has 0 aromatic carbocycles. The number of allylic oxidation sites excluding steroid dienone is 1. The third kappa shape index (κ3) is 5.87. The highest BCUT2D eigenvalue weighted by Crippen LogP contribution is 2.28. The number of likely N-dealkylation sites (tertiary alicyclic amines) is 1. The summed E-state index contributed by atoms with van der Waals surface area (Å²) in [6.07, 6.45) is 0.315. The van der Waals surface area contributed by atoms with E-state index in [1.807, 2.05) is 13.8 Å². The van der Waals surface area contributed by atoms with Gasteiger partial charge in [0.25, 0.3) is 0 Å². The Hall–Kier alpha value is -1.46. The highest BCUT2D eigenvalue weighted by atomic mass is 35.5. The Morgan fingerprint density at radius 2 is 1.97 bits per heavy atom. The second-order valence-electron chi connectivity index (χ2n) is 8.07. The molecule has 172 valence electrons. The lowest BCUT2D eigenvalue weighted by Crippen LogP contribution is -2.55. The van der Waals surface area contributed by atoms with Crippen molar-refractivity contribution in [2.45, 2.75) is 39.3 Å². The van der Waals surface area contributed by atoms with E-state index in [1.54, 1.807) is 24.0 Å². The van der Waals surface area contributed by atoms with Crippen LogP contribution < -0.4 is 4.72 Å². The SMILES string of the molecule is C/C(=C\S(=O)(=O)N[C@H]1CCN([C@H](C(=O)N2CCOCC2)C(C)C)C1=O)c1ccc(Cl)s1. The number of halogens is 1. The number of hydrogen-bond acceptors (Lipinski definition) is 6. The van der Waals surface area contributed by atoms with E-state index in [1.165, 1.54) is 16.2 Å². The van der Waals surface area contributed by atoms with Gasteiger partial charge in [-0.25, -0.2) is 8.42 Å². The van der Waals surface area contributed by atoms with Gasteiger partial charge in [0.1, 0.15) is 12.1 Å². The smallest absolute Gasteiger partial charge is 0.245 e. The first-order valence-electron chi connectivity index (χ1n) is 10.2. The molecule has 3 heterocycles. The summed E-state index contributed by atoms with van der Waals surface area (Å²) in [5.41, 5.74) is 0.536. The number of amides is 2. The van der Waals surface area contributed by atoms with Gasteiger partial charge in [0.05, 0.1) is 23.0 Å². The van der Waals surface area contributed by atoms with Crippen LogP contribution >= 0.6 is 22.9 Å². The van der Waals surface area contributed by atoms with Crippen LogP contribution in [-0.4, -0.2) is 75.0 Å². The van der Waals surface area contributed by atoms with Gasteiger partial charge in [-0.05, 0) is 37.0 Å². The fourth-order valence-electron chi connectivity index (χ4n) is 3.89. The van der Waals surface area contributed by atoms with E-state index >= 15 is 0 Å². The van der Waals surface area contributed by atoms with Gasteiger partial charge in [0.2, 0.25) is 21.8 Å². The van der Waals surface area contributed by atoms with Crippen molar-refractivity contribution in [1.82, 2.24) is 14.5 Å². The van der Waals surface area contributed by atoms with Gasteiger partial charge in [-0.2, -0.15) is 4.72 Å². The van der Waals surface area contributed by atoms with Crippen molar-refractivity contribution in [3.8, 4) is 0 Å². The molecule has 8 nitrogen and oxygen atoms in total. The van der Waals surface area contributed by atoms with Crippen LogP contribution in [0.5, 0.6) is 0 Å². The van der Waals surface area contributed by atoms with Crippen LogP contribution in [0.15, 0.2) is 17.5 Å². The number of sulfonamides is 1. The lowest BCUT2D eigenvalue weighted by Gasteiger charge is -2.36. The van der Waals surface area contributed by atoms with Crippen molar-refractivity contribution in [2.75, 3.05) is 32.8 Å². The minimum Gasteiger partial charge on any atom is -0.378 e. The van der Waals surface area contributed by atoms with Crippen LogP contribution in [0.2, 0.25) is 4.34 Å². The molecule has 2 fully saturated rings. The molecule has 0 unspecified atom stereocenters. The maximum atomic E-state index is 13.1. The minimum absolute atomic E-state index is 0.0969. The summed E-state index contributed by atoms with van der Waals surface area (Å²) >= 11 is 7.21. The summed E-state index contributed by atoms with van der Waals surface area (Å²) in [6, 6.07) is 1.95. The Labute approximate surface area is 192 Å². The predicted octanol–water partition coefficient (Wildman–Crippen LogP) is 2.17. The van der Waals surface area contributed by atoms with Crippen LogP contribution in [0.25, 0.3) is 5.57 Å². The average Bonchev–Trinajstić information content (AvgIpc) is 3.29. The number of rotatable bonds is 7. The molecule has 1 aromatic rings. The van der Waals surface area contributed by atoms with Crippen molar-refractivity contribution in [1.29, 1.82) is 0 Å². The lowest BCUT2D eigenvalue weighted by atomic mass is 10.0. The van der Waals surface area contributed by atoms with Crippen molar-refractivity contribution in [2.24, 2.45) is 5.92 Å². The molecule has 2 saturated heterocycles. The maximum absolute atomic E-state index is 13.1. The van der Waals surface area contributed by atoms with Gasteiger partial charge in [-0.3, -0.25) is 9.59 Å². The lowest BCUT2D eigenvalue weighted by molar-refractivity contribution is -0.148. The monoisotopic (exact) mass is 489 g/mol. The summed E-state index contributed by atoms with van der Waals surface area (Å²) < 4.78 is 33.6. The number of hydrogen-bond donors (Lipinski definition) is 1. The average molecular weight is 490 g/mol. The van der Waals surface area contributed by atoms with Crippen molar-refractivity contribution in [3.05, 3.63) is 26.8 Å². The summed E-state index contributed by atoms with van der Waals surface area (Å²) in [4.78, 5) is 30.1. The minimum atomic E-state index is -3.85. The molecule has 11 heteroatoms. The highest BCUT2D eigenvalue weighted by Gasteiger charge is 2.42. The van der Waals surface area contributed by atoms with Crippen molar-refractivity contribution in [3.63, 3.8) is 0 Å². The Bertz CT molecular complexity index is 954. The van der Waals surface area contributed by atoms with Gasteiger partial charge < -0.3 is 14.5 Å². The molecule has 2 aliphatic rings. The van der Waals surface area contributed by atoms with E-state index in [9.17, 15) is 18.0 Å². The number of carbonyl (C=O) groups is 2. The molecule has 31 heavy (non-hydrogen) atoms. The summed E-state index contributed by atoms with van der Waals surface area (Å²) in [7, 11) is -3.85. The van der Waals surface area contributed by atoms with Gasteiger partial charge in [-0.15, -0.1) is 11.3 Å². The summed E-state index contributed by atoms with van der Waals surface area (Å²) in [5.74, 6) is -0.574. The molecule has 0 radical (unpaired) electrons. The number of nitrogens with one attached hydrogen (secondary N) is 1. The van der Waals surface area contributed by atoms with Crippen LogP contribution in [0.4, 0.5) is 0 Å². The Kier molecular flexibility index (Phi) is 7.80. The molecule has 0 aliphatic carbocycles. The molecule has 0 saturated carbocycles. The molecule has 2 atom stereocenters. The first-order chi connectivity index (χ1) is 14.6. The van der Waals surface area contributed by atoms with Crippen LogP contribution in [-0.2, 0) is 24.3 Å². The molecule has 0 spiro atoms. The topological polar surface area (TPSA) is 96.0 Å². The molecule has 1 aromatic heterocycles. The fraction of sp³-hybridized carbons (Fsp3) is 0.600. The number of nitrogens with zero attached hydrogens (tertiary/aromatic N) is 2. The van der Waals surface area contributed by atoms with Crippen molar-refractivity contribution >= 4 is 50.3 Å². The largest absolute Gasteiger partial charge is 0.378 e. The second-order valence-corrected chi connectivity index (χ2v) is 11.3. The zero-order valence-electron chi connectivity index (χ0n) is 17.8. The van der Waals surface area contributed by atoms with E-state index in [0.717, 1.165) is 10.3 Å². The molecule has 0 bridgehead atoms. The molecular formula is C20H28ClN3O5S2. The predicted molar refractivity (Wildman–Crippen MR) is 121 cm³/mol. The van der Waals surface area contributed by atoms with E-state index < -0.39 is 22.1 Å². The Morgan fingerprint density at radius 1 is 1.29 bits per heavy atom. The zero-order chi connectivity index (χ0) is 22.8. The van der Waals surface area contributed by atoms with E-state index in [2.05, 4.69) is 4.72 Å². The van der Waals surface area contributed by atoms with E-state index in [0.29, 0.717) is 49.2 Å². The molecule has 2 aliphatic heterocycles. The number of ether oxygens (including phenoxy) is 1. The van der Waals surface area contributed by atoms with Crippen LogP contribution in [0.3, 0.4) is 0 Å². The van der Waals surface area contributed by atoms with Crippen LogP contribution in [0.1, 0.15) is 32.1 Å². The number of thiophene rings is 1. The normalized spacial score (nSPS) is 21.8. The second kappa shape index (κ2) is 9.99. The number of carbonyl (C=O) groups excluding carboxylic acids is 2. The zero-order valence-corrected chi connectivity index (χ0v) is 20.2. The Morgan fingerprint density at radius 3 is 2.55 bits per heavy atom. The number of morpholine rings is 1. The van der Waals surface area contributed by atoms with Gasteiger partial charge in [0, 0.05) is 24.5 Å². The van der Waals surface area contributed by atoms with Crippen LogP contribution in [0, 0.1) is 5.92 Å². The third-order valence-corrected chi connectivity index (χ3v) is 8.03. The fourth-order valence-corrected chi connectivity index (χ4v) is 6.25. The van der Waals surface area contributed by atoms with E-state index in [-0.39, 0.29) is 17.7 Å². The quantitative estimate of drug-likeness (QED) is 0.633. The maximum Gasteiger partial charge on any atom is 0.245 e. The molecular weight excluding hydrogens is 462 g/mol. The Balaban J connectivity index is 1.71. The molecule has 3 rings (SSSR count). The van der Waals surface area contributed by atoms with Crippen molar-refractivity contribution < 1.29 is 22.7 Å². The van der Waals surface area contributed by atoms with Gasteiger partial charge in [0.15, 0.2) is 0 Å². The third-order valence-electron chi connectivity index (χ3n) is 5.38. The molecule has 1 N–H and O–H groups in total. The van der Waals surface area contributed by atoms with E-state index in [4.69, 9.17) is 16.3 Å². The first kappa shape index (κ1) is 24.2. The summed E-state index contributed by atoms with van der Waals surface area (Å²) in [5, 5.41) is 1.11. The summed E-state index contributed by atoms with van der Waals surface area (Å²) in [6.45, 7) is 7.75.